The SMILES string of the molecule is Cc1cccc(OCCC(=O)NC23CC4CC(CC(C4)C2)C3)c1. The maximum absolute atomic E-state index is 12.4. The highest BCUT2D eigenvalue weighted by Crippen LogP contribution is 2.55. The standard InChI is InChI=1S/C20H27NO2/c1-14-3-2-4-18(7-14)23-6-5-19(22)21-20-11-15-8-16(12-20)10-17(9-15)13-20/h2-4,7,15-17H,5-6,8-13H2,1H3,(H,21,22). The minimum Gasteiger partial charge on any atom is -0.493 e. The van der Waals surface area contributed by atoms with E-state index in [1.54, 1.807) is 0 Å². The summed E-state index contributed by atoms with van der Waals surface area (Å²) in [7, 11) is 0. The van der Waals surface area contributed by atoms with E-state index < -0.39 is 0 Å². The molecule has 0 heterocycles. The topological polar surface area (TPSA) is 38.3 Å². The van der Waals surface area contributed by atoms with Gasteiger partial charge in [0, 0.05) is 5.54 Å². The van der Waals surface area contributed by atoms with Crippen LogP contribution in [0.4, 0.5) is 0 Å². The number of hydrogen-bond acceptors (Lipinski definition) is 2. The van der Waals surface area contributed by atoms with E-state index in [0.29, 0.717) is 13.0 Å². The zero-order valence-corrected chi connectivity index (χ0v) is 14.0. The summed E-state index contributed by atoms with van der Waals surface area (Å²) in [4.78, 5) is 12.4. The first kappa shape index (κ1) is 15.0. The monoisotopic (exact) mass is 313 g/mol. The Hall–Kier alpha value is -1.51. The van der Waals surface area contributed by atoms with Gasteiger partial charge in [-0.25, -0.2) is 0 Å². The van der Waals surface area contributed by atoms with Gasteiger partial charge in [-0.2, -0.15) is 0 Å². The zero-order valence-electron chi connectivity index (χ0n) is 14.0. The Morgan fingerprint density at radius 1 is 1.17 bits per heavy atom. The van der Waals surface area contributed by atoms with Crippen LogP contribution in [0.5, 0.6) is 5.75 Å². The molecule has 0 spiro atoms. The zero-order chi connectivity index (χ0) is 15.9. The average Bonchev–Trinajstić information content (AvgIpc) is 2.45. The number of rotatable bonds is 5. The van der Waals surface area contributed by atoms with Crippen LogP contribution in [0.15, 0.2) is 24.3 Å². The van der Waals surface area contributed by atoms with E-state index in [0.717, 1.165) is 23.5 Å². The van der Waals surface area contributed by atoms with Gasteiger partial charge in [-0.1, -0.05) is 12.1 Å². The molecule has 0 atom stereocenters. The summed E-state index contributed by atoms with van der Waals surface area (Å²) in [6, 6.07) is 7.99. The fourth-order valence-electron chi connectivity index (χ4n) is 5.59. The van der Waals surface area contributed by atoms with Gasteiger partial charge < -0.3 is 10.1 Å². The van der Waals surface area contributed by atoms with Crippen molar-refractivity contribution in [2.45, 2.75) is 57.4 Å². The van der Waals surface area contributed by atoms with Gasteiger partial charge in [0.1, 0.15) is 5.75 Å². The minimum atomic E-state index is 0.120. The number of aryl methyl sites for hydroxylation is 1. The van der Waals surface area contributed by atoms with Crippen molar-refractivity contribution in [3.05, 3.63) is 29.8 Å². The molecule has 1 aromatic rings. The van der Waals surface area contributed by atoms with E-state index in [4.69, 9.17) is 4.74 Å². The first-order chi connectivity index (χ1) is 11.1. The summed E-state index contributed by atoms with van der Waals surface area (Å²) >= 11 is 0. The second-order valence-corrected chi connectivity index (χ2v) is 8.16. The van der Waals surface area contributed by atoms with Gasteiger partial charge >= 0.3 is 0 Å². The largest absolute Gasteiger partial charge is 0.493 e. The Bertz CT molecular complexity index is 560. The van der Waals surface area contributed by atoms with Crippen LogP contribution in [0.3, 0.4) is 0 Å². The van der Waals surface area contributed by atoms with Gasteiger partial charge in [-0.3, -0.25) is 4.79 Å². The third-order valence-electron chi connectivity index (χ3n) is 6.03. The predicted molar refractivity (Wildman–Crippen MR) is 90.3 cm³/mol. The molecule has 3 heteroatoms. The lowest BCUT2D eigenvalue weighted by molar-refractivity contribution is -0.127. The van der Waals surface area contributed by atoms with Crippen molar-refractivity contribution in [1.82, 2.24) is 5.32 Å². The third-order valence-corrected chi connectivity index (χ3v) is 6.03. The molecular weight excluding hydrogens is 286 g/mol. The van der Waals surface area contributed by atoms with Crippen LogP contribution in [0.1, 0.15) is 50.5 Å². The summed E-state index contributed by atoms with van der Waals surface area (Å²) < 4.78 is 5.72. The molecule has 1 amide bonds. The second kappa shape index (κ2) is 5.85. The smallest absolute Gasteiger partial charge is 0.223 e. The van der Waals surface area contributed by atoms with Gasteiger partial charge in [0.25, 0.3) is 0 Å². The van der Waals surface area contributed by atoms with E-state index in [1.165, 1.54) is 44.1 Å². The molecule has 0 aliphatic heterocycles. The first-order valence-electron chi connectivity index (χ1n) is 9.11. The molecule has 124 valence electrons. The highest BCUT2D eigenvalue weighted by atomic mass is 16.5. The Morgan fingerprint density at radius 2 is 1.83 bits per heavy atom. The van der Waals surface area contributed by atoms with Crippen molar-refractivity contribution < 1.29 is 9.53 Å². The Morgan fingerprint density at radius 3 is 2.43 bits per heavy atom. The molecule has 4 bridgehead atoms. The maximum Gasteiger partial charge on any atom is 0.223 e. The van der Waals surface area contributed by atoms with Crippen LogP contribution in [-0.2, 0) is 4.79 Å². The quantitative estimate of drug-likeness (QED) is 0.896. The Kier molecular flexibility index (Phi) is 3.82. The molecule has 0 aromatic heterocycles. The summed E-state index contributed by atoms with van der Waals surface area (Å²) in [5.74, 6) is 3.62. The number of carbonyl (C=O) groups excluding carboxylic acids is 1. The van der Waals surface area contributed by atoms with Crippen LogP contribution >= 0.6 is 0 Å². The number of nitrogens with one attached hydrogen (secondary N) is 1. The first-order valence-corrected chi connectivity index (χ1v) is 9.11. The van der Waals surface area contributed by atoms with E-state index in [1.807, 2.05) is 31.2 Å². The van der Waals surface area contributed by atoms with Gasteiger partial charge in [0.05, 0.1) is 13.0 Å². The van der Waals surface area contributed by atoms with Gasteiger partial charge in [0.15, 0.2) is 0 Å². The van der Waals surface area contributed by atoms with Gasteiger partial charge in [-0.05, 0) is 80.9 Å². The fourth-order valence-corrected chi connectivity index (χ4v) is 5.59. The average molecular weight is 313 g/mol. The lowest BCUT2D eigenvalue weighted by Crippen LogP contribution is -2.59. The number of carbonyl (C=O) groups is 1. The van der Waals surface area contributed by atoms with Crippen molar-refractivity contribution >= 4 is 5.91 Å². The molecule has 1 N–H and O–H groups in total. The lowest BCUT2D eigenvalue weighted by Gasteiger charge is -2.56. The van der Waals surface area contributed by atoms with Crippen LogP contribution in [0.25, 0.3) is 0 Å². The summed E-state index contributed by atoms with van der Waals surface area (Å²) in [5.41, 5.74) is 1.30. The third kappa shape index (κ3) is 3.24. The van der Waals surface area contributed by atoms with Crippen LogP contribution < -0.4 is 10.1 Å². The van der Waals surface area contributed by atoms with Crippen LogP contribution in [0.2, 0.25) is 0 Å². The second-order valence-electron chi connectivity index (χ2n) is 8.16. The highest BCUT2D eigenvalue weighted by Gasteiger charge is 2.51. The van der Waals surface area contributed by atoms with Crippen molar-refractivity contribution in [1.29, 1.82) is 0 Å². The Labute approximate surface area is 138 Å². The number of ether oxygens (including phenoxy) is 1. The molecular formula is C20H27NO2. The lowest BCUT2D eigenvalue weighted by atomic mass is 9.53. The van der Waals surface area contributed by atoms with E-state index in [-0.39, 0.29) is 11.4 Å². The molecule has 4 aliphatic carbocycles. The molecule has 0 saturated heterocycles. The van der Waals surface area contributed by atoms with Crippen LogP contribution in [-0.4, -0.2) is 18.1 Å². The molecule has 3 nitrogen and oxygen atoms in total. The summed E-state index contributed by atoms with van der Waals surface area (Å²) in [6.45, 7) is 2.51. The predicted octanol–water partition coefficient (Wildman–Crippen LogP) is 3.85. The molecule has 4 saturated carbocycles. The maximum atomic E-state index is 12.4. The van der Waals surface area contributed by atoms with E-state index in [9.17, 15) is 4.79 Å². The molecule has 1 aromatic carbocycles. The fraction of sp³-hybridized carbons (Fsp3) is 0.650. The molecule has 23 heavy (non-hydrogen) atoms. The van der Waals surface area contributed by atoms with Crippen molar-refractivity contribution in [3.8, 4) is 5.75 Å². The number of hydrogen-bond donors (Lipinski definition) is 1. The van der Waals surface area contributed by atoms with Crippen molar-refractivity contribution in [3.63, 3.8) is 0 Å². The van der Waals surface area contributed by atoms with Crippen molar-refractivity contribution in [2.24, 2.45) is 17.8 Å². The van der Waals surface area contributed by atoms with Crippen molar-refractivity contribution in [2.75, 3.05) is 6.61 Å². The van der Waals surface area contributed by atoms with Gasteiger partial charge in [0.2, 0.25) is 5.91 Å². The number of benzene rings is 1. The summed E-state index contributed by atoms with van der Waals surface area (Å²) in [5, 5.41) is 3.40. The van der Waals surface area contributed by atoms with E-state index >= 15 is 0 Å². The highest BCUT2D eigenvalue weighted by molar-refractivity contribution is 5.77. The molecule has 5 rings (SSSR count). The summed E-state index contributed by atoms with van der Waals surface area (Å²) in [6.07, 6.45) is 8.31. The molecule has 4 fully saturated rings. The molecule has 0 unspecified atom stereocenters. The number of amides is 1. The minimum absolute atomic E-state index is 0.120. The normalized spacial score (nSPS) is 34.4. The van der Waals surface area contributed by atoms with Crippen LogP contribution in [0, 0.1) is 24.7 Å². The molecule has 0 radical (unpaired) electrons. The Balaban J connectivity index is 1.29. The molecule has 4 aliphatic rings. The van der Waals surface area contributed by atoms with E-state index in [2.05, 4.69) is 5.32 Å². The van der Waals surface area contributed by atoms with Gasteiger partial charge in [-0.15, -0.1) is 0 Å².